The van der Waals surface area contributed by atoms with E-state index >= 15 is 0 Å². The third-order valence-corrected chi connectivity index (χ3v) is 7.28. The summed E-state index contributed by atoms with van der Waals surface area (Å²) in [6.45, 7) is 0.605. The molecule has 1 saturated heterocycles. The summed E-state index contributed by atoms with van der Waals surface area (Å²) in [6, 6.07) is 8.18. The van der Waals surface area contributed by atoms with Crippen molar-refractivity contribution in [3.63, 3.8) is 0 Å². The third kappa shape index (κ3) is 5.13. The molecule has 0 radical (unpaired) electrons. The zero-order valence-corrected chi connectivity index (χ0v) is 19.1. The molecule has 8 nitrogen and oxygen atoms in total. The number of halogens is 1. The molecule has 0 bridgehead atoms. The van der Waals surface area contributed by atoms with Crippen molar-refractivity contribution in [1.82, 2.24) is 9.62 Å². The fourth-order valence-corrected chi connectivity index (χ4v) is 5.23. The number of carbonyl (C=O) groups is 1. The molecular weight excluding hydrogens is 439 g/mol. The van der Waals surface area contributed by atoms with Gasteiger partial charge < -0.3 is 19.5 Å². The van der Waals surface area contributed by atoms with Crippen molar-refractivity contribution in [1.29, 1.82) is 0 Å². The number of nitrogens with one attached hydrogen (secondary N) is 1. The highest BCUT2D eigenvalue weighted by atomic mass is 32.2. The molecule has 1 atom stereocenters. The summed E-state index contributed by atoms with van der Waals surface area (Å²) in [5, 5.41) is 2.87. The number of hydrogen-bond acceptors (Lipinski definition) is 6. The molecule has 1 aliphatic heterocycles. The van der Waals surface area contributed by atoms with Crippen molar-refractivity contribution >= 4 is 15.9 Å². The Morgan fingerprint density at radius 3 is 2.28 bits per heavy atom. The second-order valence-electron chi connectivity index (χ2n) is 7.41. The van der Waals surface area contributed by atoms with Gasteiger partial charge in [0.2, 0.25) is 21.7 Å². The summed E-state index contributed by atoms with van der Waals surface area (Å²) in [4.78, 5) is 12.8. The number of sulfonamides is 1. The number of nitrogens with zero attached hydrogens (tertiary/aromatic N) is 1. The van der Waals surface area contributed by atoms with E-state index in [2.05, 4.69) is 5.32 Å². The Hall–Kier alpha value is -2.85. The van der Waals surface area contributed by atoms with E-state index < -0.39 is 21.8 Å². The van der Waals surface area contributed by atoms with Crippen molar-refractivity contribution in [3.8, 4) is 17.2 Å². The zero-order chi connectivity index (χ0) is 23.3. The molecule has 10 heteroatoms. The van der Waals surface area contributed by atoms with Gasteiger partial charge >= 0.3 is 0 Å². The average Bonchev–Trinajstić information content (AvgIpc) is 2.82. The van der Waals surface area contributed by atoms with Gasteiger partial charge in [0.25, 0.3) is 0 Å². The van der Waals surface area contributed by atoms with Crippen LogP contribution >= 0.6 is 0 Å². The van der Waals surface area contributed by atoms with Crippen LogP contribution in [0.4, 0.5) is 4.39 Å². The summed E-state index contributed by atoms with van der Waals surface area (Å²) < 4.78 is 56.2. The first kappa shape index (κ1) is 23.8. The van der Waals surface area contributed by atoms with Crippen LogP contribution in [0.25, 0.3) is 0 Å². The molecule has 0 saturated carbocycles. The van der Waals surface area contributed by atoms with E-state index in [1.165, 1.54) is 37.8 Å². The molecule has 1 amide bonds. The number of hydrogen-bond donors (Lipinski definition) is 1. The van der Waals surface area contributed by atoms with E-state index in [0.29, 0.717) is 36.6 Å². The van der Waals surface area contributed by atoms with Crippen molar-refractivity contribution in [2.45, 2.75) is 24.3 Å². The molecule has 174 valence electrons. The molecule has 1 unspecified atom stereocenters. The first-order valence-corrected chi connectivity index (χ1v) is 11.6. The number of ether oxygens (including phenoxy) is 3. The van der Waals surface area contributed by atoms with Gasteiger partial charge in [-0.2, -0.15) is 4.31 Å². The molecule has 3 rings (SSSR count). The van der Waals surface area contributed by atoms with Crippen LogP contribution in [0.1, 0.15) is 18.4 Å². The van der Waals surface area contributed by atoms with Crippen molar-refractivity contribution < 1.29 is 31.8 Å². The standard InChI is InChI=1S/C22H27FN2O6S/c1-29-19-11-15(12-20(30-2)21(19)31-3)13-24-22(26)16-5-4-10-25(14-16)32(27,28)18-8-6-17(23)7-9-18/h6-9,11-12,16H,4-5,10,13-14H2,1-3H3,(H,24,26). The molecule has 1 fully saturated rings. The first-order valence-electron chi connectivity index (χ1n) is 10.1. The maximum Gasteiger partial charge on any atom is 0.243 e. The SMILES string of the molecule is COc1cc(CNC(=O)C2CCCN(S(=O)(=O)c3ccc(F)cc3)C2)cc(OC)c1OC. The summed E-state index contributed by atoms with van der Waals surface area (Å²) >= 11 is 0. The highest BCUT2D eigenvalue weighted by Gasteiger charge is 2.33. The fourth-order valence-electron chi connectivity index (χ4n) is 3.70. The van der Waals surface area contributed by atoms with Crippen LogP contribution in [0.15, 0.2) is 41.3 Å². The van der Waals surface area contributed by atoms with Gasteiger partial charge in [0.1, 0.15) is 5.82 Å². The lowest BCUT2D eigenvalue weighted by molar-refractivity contribution is -0.126. The number of amides is 1. The van der Waals surface area contributed by atoms with Gasteiger partial charge in [0.15, 0.2) is 11.5 Å². The highest BCUT2D eigenvalue weighted by molar-refractivity contribution is 7.89. The van der Waals surface area contributed by atoms with Crippen LogP contribution < -0.4 is 19.5 Å². The van der Waals surface area contributed by atoms with Gasteiger partial charge in [-0.3, -0.25) is 4.79 Å². The van der Waals surface area contributed by atoms with Crippen molar-refractivity contribution in [3.05, 3.63) is 47.8 Å². The lowest BCUT2D eigenvalue weighted by atomic mass is 9.98. The monoisotopic (exact) mass is 466 g/mol. The quantitative estimate of drug-likeness (QED) is 0.643. The van der Waals surface area contributed by atoms with Crippen LogP contribution in [0.2, 0.25) is 0 Å². The Bertz CT molecular complexity index is 1030. The summed E-state index contributed by atoms with van der Waals surface area (Å²) in [5.74, 6) is 0.181. The van der Waals surface area contributed by atoms with E-state index in [1.54, 1.807) is 12.1 Å². The maximum absolute atomic E-state index is 13.2. The van der Waals surface area contributed by atoms with Crippen molar-refractivity contribution in [2.75, 3.05) is 34.4 Å². The van der Waals surface area contributed by atoms with E-state index in [-0.39, 0.29) is 23.9 Å². The number of benzene rings is 2. The Morgan fingerprint density at radius 2 is 1.72 bits per heavy atom. The summed E-state index contributed by atoms with van der Waals surface area (Å²) in [7, 11) is 0.736. The third-order valence-electron chi connectivity index (χ3n) is 5.40. The largest absolute Gasteiger partial charge is 0.493 e. The predicted octanol–water partition coefficient (Wildman–Crippen LogP) is 2.57. The van der Waals surface area contributed by atoms with Gasteiger partial charge in [0, 0.05) is 19.6 Å². The topological polar surface area (TPSA) is 94.2 Å². The summed E-state index contributed by atoms with van der Waals surface area (Å²) in [5.41, 5.74) is 0.749. The molecule has 0 aliphatic carbocycles. The van der Waals surface area contributed by atoms with Crippen LogP contribution in [-0.2, 0) is 21.4 Å². The minimum Gasteiger partial charge on any atom is -0.493 e. The van der Waals surface area contributed by atoms with E-state index in [1.807, 2.05) is 0 Å². The zero-order valence-electron chi connectivity index (χ0n) is 18.3. The van der Waals surface area contributed by atoms with Crippen LogP contribution in [-0.4, -0.2) is 53.0 Å². The molecule has 2 aromatic rings. The minimum atomic E-state index is -3.80. The Labute approximate surface area is 187 Å². The lowest BCUT2D eigenvalue weighted by Gasteiger charge is -2.31. The van der Waals surface area contributed by atoms with Crippen LogP contribution in [0.5, 0.6) is 17.2 Å². The van der Waals surface area contributed by atoms with Gasteiger partial charge in [0.05, 0.1) is 32.1 Å². The second-order valence-corrected chi connectivity index (χ2v) is 9.35. The summed E-state index contributed by atoms with van der Waals surface area (Å²) in [6.07, 6.45) is 1.14. The minimum absolute atomic E-state index is 0.0115. The molecular formula is C22H27FN2O6S. The molecule has 2 aromatic carbocycles. The molecule has 32 heavy (non-hydrogen) atoms. The van der Waals surface area contributed by atoms with Gasteiger partial charge in [-0.1, -0.05) is 0 Å². The van der Waals surface area contributed by atoms with Crippen LogP contribution in [0, 0.1) is 11.7 Å². The molecule has 0 aromatic heterocycles. The molecule has 1 aliphatic rings. The highest BCUT2D eigenvalue weighted by Crippen LogP contribution is 2.38. The van der Waals surface area contributed by atoms with Gasteiger partial charge in [-0.25, -0.2) is 12.8 Å². The van der Waals surface area contributed by atoms with Crippen LogP contribution in [0.3, 0.4) is 0 Å². The Kier molecular flexibility index (Phi) is 7.57. The first-order chi connectivity index (χ1) is 15.3. The van der Waals surface area contributed by atoms with E-state index in [9.17, 15) is 17.6 Å². The number of methoxy groups -OCH3 is 3. The lowest BCUT2D eigenvalue weighted by Crippen LogP contribution is -2.45. The predicted molar refractivity (Wildman–Crippen MR) is 116 cm³/mol. The van der Waals surface area contributed by atoms with Gasteiger partial charge in [-0.05, 0) is 54.8 Å². The second kappa shape index (κ2) is 10.2. The van der Waals surface area contributed by atoms with Crippen molar-refractivity contribution in [2.24, 2.45) is 5.92 Å². The van der Waals surface area contributed by atoms with E-state index in [4.69, 9.17) is 14.2 Å². The van der Waals surface area contributed by atoms with E-state index in [0.717, 1.165) is 17.7 Å². The number of piperidine rings is 1. The molecule has 0 spiro atoms. The number of rotatable bonds is 8. The molecule has 1 heterocycles. The normalized spacial score (nSPS) is 16.9. The number of carbonyl (C=O) groups excluding carboxylic acids is 1. The fraction of sp³-hybridized carbons (Fsp3) is 0.409. The maximum atomic E-state index is 13.2. The smallest absolute Gasteiger partial charge is 0.243 e. The van der Waals surface area contributed by atoms with Gasteiger partial charge in [-0.15, -0.1) is 0 Å². The Balaban J connectivity index is 1.68. The molecule has 1 N–H and O–H groups in total. The average molecular weight is 467 g/mol. The Morgan fingerprint density at radius 1 is 1.09 bits per heavy atom.